The predicted octanol–water partition coefficient (Wildman–Crippen LogP) is 3.63. The molecule has 1 fully saturated rings. The summed E-state index contributed by atoms with van der Waals surface area (Å²) in [4.78, 5) is 11.3. The van der Waals surface area contributed by atoms with Crippen LogP contribution in [0.5, 0.6) is 0 Å². The van der Waals surface area contributed by atoms with Crippen molar-refractivity contribution >= 4 is 17.4 Å². The Balaban J connectivity index is 2.20. The van der Waals surface area contributed by atoms with Crippen LogP contribution in [-0.2, 0) is 6.42 Å². The second kappa shape index (κ2) is 5.87. The van der Waals surface area contributed by atoms with E-state index < -0.39 is 0 Å². The number of nitrogens with zero attached hydrogens (tertiary/aromatic N) is 3. The first-order valence-corrected chi connectivity index (χ1v) is 7.31. The minimum atomic E-state index is 0.607. The van der Waals surface area contributed by atoms with Gasteiger partial charge in [0.05, 0.1) is 0 Å². The molecule has 2 rings (SSSR count). The number of rotatable bonds is 4. The second-order valence-corrected chi connectivity index (χ2v) is 5.48. The molecule has 1 aliphatic heterocycles. The molecule has 0 saturated carbocycles. The second-order valence-electron chi connectivity index (χ2n) is 5.12. The first kappa shape index (κ1) is 13.6. The van der Waals surface area contributed by atoms with Gasteiger partial charge < -0.3 is 4.90 Å². The molecule has 0 spiro atoms. The minimum absolute atomic E-state index is 0.607. The fourth-order valence-corrected chi connectivity index (χ4v) is 2.84. The number of hydrogen-bond donors (Lipinski definition) is 0. The first-order chi connectivity index (χ1) is 8.65. The summed E-state index contributed by atoms with van der Waals surface area (Å²) < 4.78 is 0. The molecule has 0 N–H and O–H groups in total. The lowest BCUT2D eigenvalue weighted by molar-refractivity contribution is 0.529. The van der Waals surface area contributed by atoms with E-state index in [1.54, 1.807) is 0 Å². The van der Waals surface area contributed by atoms with Crippen molar-refractivity contribution < 1.29 is 0 Å². The molecule has 100 valence electrons. The van der Waals surface area contributed by atoms with Crippen molar-refractivity contribution in [2.75, 3.05) is 18.0 Å². The number of anilines is 1. The molecule has 0 aliphatic carbocycles. The molecule has 4 heteroatoms. The largest absolute Gasteiger partial charge is 0.356 e. The summed E-state index contributed by atoms with van der Waals surface area (Å²) in [5, 5.41) is 0.607. The average Bonchev–Trinajstić information content (AvgIpc) is 2.81. The van der Waals surface area contributed by atoms with Crippen molar-refractivity contribution in [3.05, 3.63) is 16.5 Å². The van der Waals surface area contributed by atoms with E-state index in [1.807, 2.05) is 6.92 Å². The third kappa shape index (κ3) is 2.77. The third-order valence-corrected chi connectivity index (χ3v) is 4.07. The SMILES string of the molecule is CCCC1CCN(c2nc(CC)nc(Cl)c2C)C1. The van der Waals surface area contributed by atoms with E-state index in [0.717, 1.165) is 42.6 Å². The van der Waals surface area contributed by atoms with Crippen LogP contribution in [0.2, 0.25) is 5.15 Å². The zero-order valence-electron chi connectivity index (χ0n) is 11.5. The maximum absolute atomic E-state index is 6.20. The molecular formula is C14H22ClN3. The molecule has 2 heterocycles. The lowest BCUT2D eigenvalue weighted by atomic mass is 10.0. The van der Waals surface area contributed by atoms with Crippen molar-refractivity contribution in [2.24, 2.45) is 5.92 Å². The van der Waals surface area contributed by atoms with Gasteiger partial charge in [0.2, 0.25) is 0 Å². The lowest BCUT2D eigenvalue weighted by Gasteiger charge is -2.20. The Labute approximate surface area is 115 Å². The molecule has 1 saturated heterocycles. The van der Waals surface area contributed by atoms with Crippen molar-refractivity contribution in [1.82, 2.24) is 9.97 Å². The standard InChI is InChI=1S/C14H22ClN3/c1-4-6-11-7-8-18(9-11)14-10(3)13(15)16-12(5-2)17-14/h11H,4-9H2,1-3H3. The first-order valence-electron chi connectivity index (χ1n) is 6.93. The topological polar surface area (TPSA) is 29.0 Å². The number of halogens is 1. The van der Waals surface area contributed by atoms with E-state index in [-0.39, 0.29) is 0 Å². The van der Waals surface area contributed by atoms with E-state index in [9.17, 15) is 0 Å². The van der Waals surface area contributed by atoms with Crippen molar-refractivity contribution in [3.63, 3.8) is 0 Å². The van der Waals surface area contributed by atoms with Crippen LogP contribution in [0.3, 0.4) is 0 Å². The van der Waals surface area contributed by atoms with Gasteiger partial charge in [-0.1, -0.05) is 31.9 Å². The van der Waals surface area contributed by atoms with Crippen molar-refractivity contribution in [2.45, 2.75) is 46.5 Å². The molecule has 0 bridgehead atoms. The molecule has 1 atom stereocenters. The molecule has 0 radical (unpaired) electrons. The van der Waals surface area contributed by atoms with E-state index in [0.29, 0.717) is 5.15 Å². The number of aryl methyl sites for hydroxylation is 1. The Hall–Kier alpha value is -0.830. The van der Waals surface area contributed by atoms with Crippen molar-refractivity contribution in [1.29, 1.82) is 0 Å². The Morgan fingerprint density at radius 3 is 2.78 bits per heavy atom. The fraction of sp³-hybridized carbons (Fsp3) is 0.714. The van der Waals surface area contributed by atoms with Crippen molar-refractivity contribution in [3.8, 4) is 0 Å². The Bertz CT molecular complexity index is 420. The summed E-state index contributed by atoms with van der Waals surface area (Å²) in [5.74, 6) is 2.71. The van der Waals surface area contributed by atoms with Crippen LogP contribution < -0.4 is 4.90 Å². The zero-order chi connectivity index (χ0) is 13.1. The minimum Gasteiger partial charge on any atom is -0.356 e. The molecule has 3 nitrogen and oxygen atoms in total. The fourth-order valence-electron chi connectivity index (χ4n) is 2.66. The van der Waals surface area contributed by atoms with Crippen LogP contribution in [0.15, 0.2) is 0 Å². The number of hydrogen-bond acceptors (Lipinski definition) is 3. The monoisotopic (exact) mass is 267 g/mol. The molecular weight excluding hydrogens is 246 g/mol. The summed E-state index contributed by atoms with van der Waals surface area (Å²) in [7, 11) is 0. The average molecular weight is 268 g/mol. The van der Waals surface area contributed by atoms with Gasteiger partial charge in [0.15, 0.2) is 0 Å². The Morgan fingerprint density at radius 2 is 2.11 bits per heavy atom. The normalized spacial score (nSPS) is 19.6. The summed E-state index contributed by atoms with van der Waals surface area (Å²) >= 11 is 6.20. The van der Waals surface area contributed by atoms with Gasteiger partial charge in [0.25, 0.3) is 0 Å². The molecule has 18 heavy (non-hydrogen) atoms. The Kier molecular flexibility index (Phi) is 4.44. The Morgan fingerprint density at radius 1 is 1.33 bits per heavy atom. The summed E-state index contributed by atoms with van der Waals surface area (Å²) in [6.45, 7) is 8.55. The maximum Gasteiger partial charge on any atom is 0.137 e. The van der Waals surface area contributed by atoms with Crippen LogP contribution in [-0.4, -0.2) is 23.1 Å². The highest BCUT2D eigenvalue weighted by Gasteiger charge is 2.25. The van der Waals surface area contributed by atoms with Crippen LogP contribution in [0.1, 0.15) is 44.5 Å². The molecule has 1 aliphatic rings. The van der Waals surface area contributed by atoms with Gasteiger partial charge in [-0.15, -0.1) is 0 Å². The van der Waals surface area contributed by atoms with E-state index in [2.05, 4.69) is 28.7 Å². The van der Waals surface area contributed by atoms with E-state index in [1.165, 1.54) is 19.3 Å². The highest BCUT2D eigenvalue weighted by molar-refractivity contribution is 6.30. The summed E-state index contributed by atoms with van der Waals surface area (Å²) in [6, 6.07) is 0. The third-order valence-electron chi connectivity index (χ3n) is 3.71. The predicted molar refractivity (Wildman–Crippen MR) is 76.4 cm³/mol. The number of aromatic nitrogens is 2. The smallest absolute Gasteiger partial charge is 0.137 e. The summed E-state index contributed by atoms with van der Waals surface area (Å²) in [5.41, 5.74) is 1.02. The molecule has 1 aromatic rings. The highest BCUT2D eigenvalue weighted by Crippen LogP contribution is 2.29. The van der Waals surface area contributed by atoms with E-state index >= 15 is 0 Å². The van der Waals surface area contributed by atoms with Crippen LogP contribution in [0.4, 0.5) is 5.82 Å². The molecule has 1 aromatic heterocycles. The van der Waals surface area contributed by atoms with Gasteiger partial charge in [-0.3, -0.25) is 0 Å². The van der Waals surface area contributed by atoms with Gasteiger partial charge in [0.1, 0.15) is 16.8 Å². The zero-order valence-corrected chi connectivity index (χ0v) is 12.3. The highest BCUT2D eigenvalue weighted by atomic mass is 35.5. The van der Waals surface area contributed by atoms with Gasteiger partial charge in [-0.2, -0.15) is 0 Å². The van der Waals surface area contributed by atoms with Crippen LogP contribution in [0.25, 0.3) is 0 Å². The van der Waals surface area contributed by atoms with Crippen LogP contribution >= 0.6 is 11.6 Å². The van der Waals surface area contributed by atoms with Gasteiger partial charge in [-0.05, 0) is 25.7 Å². The quantitative estimate of drug-likeness (QED) is 0.780. The molecule has 1 unspecified atom stereocenters. The molecule has 0 amide bonds. The van der Waals surface area contributed by atoms with Gasteiger partial charge in [-0.25, -0.2) is 9.97 Å². The van der Waals surface area contributed by atoms with Gasteiger partial charge in [0, 0.05) is 25.1 Å². The van der Waals surface area contributed by atoms with E-state index in [4.69, 9.17) is 11.6 Å². The van der Waals surface area contributed by atoms with Gasteiger partial charge >= 0.3 is 0 Å². The molecule has 0 aromatic carbocycles. The maximum atomic E-state index is 6.20. The summed E-state index contributed by atoms with van der Waals surface area (Å²) in [6.07, 6.45) is 4.69. The van der Waals surface area contributed by atoms with Crippen LogP contribution in [0, 0.1) is 12.8 Å². The lowest BCUT2D eigenvalue weighted by Crippen LogP contribution is -2.23.